The molecule has 5 nitrogen and oxygen atoms in total. The van der Waals surface area contributed by atoms with Crippen LogP contribution in [0.5, 0.6) is 0 Å². The number of carbonyl (C=O) groups excluding carboxylic acids is 1. The van der Waals surface area contributed by atoms with Gasteiger partial charge < -0.3 is 5.32 Å². The second kappa shape index (κ2) is 6.34. The maximum absolute atomic E-state index is 12.4. The summed E-state index contributed by atoms with van der Waals surface area (Å²) in [5, 5.41) is 15.1. The third-order valence-corrected chi connectivity index (χ3v) is 4.32. The van der Waals surface area contributed by atoms with Crippen molar-refractivity contribution >= 4 is 17.2 Å². The standard InChI is InChI=1S/C17H18N4OS/c1-11-6-12(2)16(13(3)7-11)17(22)18-8-14-9-21(20-19-14)15-4-5-23-10-15/h4-7,9-10H,8H2,1-3H3,(H,18,22). The SMILES string of the molecule is Cc1cc(C)c(C(=O)NCc2cn(-c3ccsc3)nn2)c(C)c1. The van der Waals surface area contributed by atoms with Crippen LogP contribution >= 0.6 is 11.3 Å². The van der Waals surface area contributed by atoms with Crippen LogP contribution < -0.4 is 5.32 Å². The second-order valence-corrected chi connectivity index (χ2v) is 6.37. The van der Waals surface area contributed by atoms with E-state index in [1.54, 1.807) is 16.0 Å². The molecule has 0 radical (unpaired) electrons. The quantitative estimate of drug-likeness (QED) is 0.801. The molecule has 3 rings (SSSR count). The molecule has 118 valence electrons. The van der Waals surface area contributed by atoms with Crippen molar-refractivity contribution < 1.29 is 4.79 Å². The smallest absolute Gasteiger partial charge is 0.252 e. The Labute approximate surface area is 139 Å². The fourth-order valence-electron chi connectivity index (χ4n) is 2.69. The molecule has 0 fully saturated rings. The molecule has 1 N–H and O–H groups in total. The van der Waals surface area contributed by atoms with Crippen LogP contribution in [0.4, 0.5) is 0 Å². The summed E-state index contributed by atoms with van der Waals surface area (Å²) in [5.41, 5.74) is 5.58. The van der Waals surface area contributed by atoms with Gasteiger partial charge in [-0.1, -0.05) is 22.9 Å². The van der Waals surface area contributed by atoms with Crippen molar-refractivity contribution in [1.29, 1.82) is 0 Å². The summed E-state index contributed by atoms with van der Waals surface area (Å²) in [7, 11) is 0. The molecule has 0 spiro atoms. The Morgan fingerprint density at radius 3 is 2.65 bits per heavy atom. The summed E-state index contributed by atoms with van der Waals surface area (Å²) in [4.78, 5) is 12.4. The van der Waals surface area contributed by atoms with Gasteiger partial charge in [-0.05, 0) is 43.3 Å². The lowest BCUT2D eigenvalue weighted by atomic mass is 9.99. The van der Waals surface area contributed by atoms with Gasteiger partial charge in [-0.3, -0.25) is 4.79 Å². The molecule has 2 heterocycles. The zero-order valence-electron chi connectivity index (χ0n) is 13.3. The molecule has 2 aromatic heterocycles. The highest BCUT2D eigenvalue weighted by atomic mass is 32.1. The van der Waals surface area contributed by atoms with Gasteiger partial charge in [0.15, 0.2) is 0 Å². The van der Waals surface area contributed by atoms with Crippen LogP contribution in [-0.4, -0.2) is 20.9 Å². The first kappa shape index (κ1) is 15.4. The monoisotopic (exact) mass is 326 g/mol. The van der Waals surface area contributed by atoms with Crippen molar-refractivity contribution in [2.75, 3.05) is 0 Å². The fraction of sp³-hybridized carbons (Fsp3) is 0.235. The average Bonchev–Trinajstić information content (AvgIpc) is 3.15. The van der Waals surface area contributed by atoms with E-state index in [9.17, 15) is 4.79 Å². The molecule has 0 aliphatic carbocycles. The van der Waals surface area contributed by atoms with Crippen LogP contribution in [0.1, 0.15) is 32.7 Å². The number of aryl methyl sites for hydroxylation is 3. The summed E-state index contributed by atoms with van der Waals surface area (Å²) >= 11 is 1.61. The van der Waals surface area contributed by atoms with E-state index in [-0.39, 0.29) is 5.91 Å². The molecule has 3 aromatic rings. The van der Waals surface area contributed by atoms with Crippen LogP contribution in [0.25, 0.3) is 5.69 Å². The van der Waals surface area contributed by atoms with Crippen molar-refractivity contribution in [3.63, 3.8) is 0 Å². The molecule has 6 heteroatoms. The van der Waals surface area contributed by atoms with Crippen molar-refractivity contribution in [2.45, 2.75) is 27.3 Å². The summed E-state index contributed by atoms with van der Waals surface area (Å²) in [5.74, 6) is -0.0786. The molecule has 0 bridgehead atoms. The van der Waals surface area contributed by atoms with Gasteiger partial charge >= 0.3 is 0 Å². The van der Waals surface area contributed by atoms with Gasteiger partial charge in [0, 0.05) is 10.9 Å². The number of amides is 1. The van der Waals surface area contributed by atoms with Crippen molar-refractivity contribution in [2.24, 2.45) is 0 Å². The summed E-state index contributed by atoms with van der Waals surface area (Å²) < 4.78 is 1.71. The van der Waals surface area contributed by atoms with Crippen LogP contribution in [0.3, 0.4) is 0 Å². The average molecular weight is 326 g/mol. The number of carbonyl (C=O) groups is 1. The van der Waals surface area contributed by atoms with Gasteiger partial charge in [0.2, 0.25) is 0 Å². The Morgan fingerprint density at radius 2 is 2.00 bits per heavy atom. The Kier molecular flexibility index (Phi) is 4.25. The highest BCUT2D eigenvalue weighted by molar-refractivity contribution is 7.08. The van der Waals surface area contributed by atoms with Crippen molar-refractivity contribution in [3.8, 4) is 5.69 Å². The number of nitrogens with one attached hydrogen (secondary N) is 1. The van der Waals surface area contributed by atoms with Gasteiger partial charge in [0.25, 0.3) is 5.91 Å². The van der Waals surface area contributed by atoms with E-state index in [4.69, 9.17) is 0 Å². The molecular formula is C17H18N4OS. The molecule has 0 aliphatic heterocycles. The molecule has 0 atom stereocenters. The molecule has 0 unspecified atom stereocenters. The Morgan fingerprint density at radius 1 is 1.26 bits per heavy atom. The number of aromatic nitrogens is 3. The molecule has 1 aromatic carbocycles. The van der Waals surface area contributed by atoms with Crippen LogP contribution in [0, 0.1) is 20.8 Å². The molecule has 0 saturated carbocycles. The third kappa shape index (κ3) is 3.32. The molecule has 0 aliphatic rings. The lowest BCUT2D eigenvalue weighted by Gasteiger charge is -2.11. The largest absolute Gasteiger partial charge is 0.346 e. The number of rotatable bonds is 4. The van der Waals surface area contributed by atoms with Gasteiger partial charge in [-0.2, -0.15) is 11.3 Å². The van der Waals surface area contributed by atoms with Gasteiger partial charge in [-0.15, -0.1) is 5.10 Å². The normalized spacial score (nSPS) is 10.7. The highest BCUT2D eigenvalue weighted by Crippen LogP contribution is 2.16. The van der Waals surface area contributed by atoms with E-state index >= 15 is 0 Å². The predicted molar refractivity (Wildman–Crippen MR) is 91.1 cm³/mol. The lowest BCUT2D eigenvalue weighted by Crippen LogP contribution is -2.24. The maximum atomic E-state index is 12.4. The van der Waals surface area contributed by atoms with Gasteiger partial charge in [0.1, 0.15) is 5.69 Å². The topological polar surface area (TPSA) is 59.8 Å². The van der Waals surface area contributed by atoms with E-state index in [2.05, 4.69) is 15.6 Å². The zero-order chi connectivity index (χ0) is 16.4. The van der Waals surface area contributed by atoms with Crippen LogP contribution in [0.15, 0.2) is 35.2 Å². The van der Waals surface area contributed by atoms with E-state index in [1.807, 2.05) is 55.9 Å². The van der Waals surface area contributed by atoms with Crippen LogP contribution in [-0.2, 0) is 6.54 Å². The number of thiophene rings is 1. The summed E-state index contributed by atoms with van der Waals surface area (Å²) in [6, 6.07) is 6.02. The van der Waals surface area contributed by atoms with Crippen molar-refractivity contribution in [1.82, 2.24) is 20.3 Å². The first-order valence-electron chi connectivity index (χ1n) is 7.34. The van der Waals surface area contributed by atoms with Gasteiger partial charge in [-0.25, -0.2) is 4.68 Å². The zero-order valence-corrected chi connectivity index (χ0v) is 14.1. The minimum Gasteiger partial charge on any atom is -0.346 e. The predicted octanol–water partition coefficient (Wildman–Crippen LogP) is 3.18. The number of nitrogens with zero attached hydrogens (tertiary/aromatic N) is 3. The minimum absolute atomic E-state index is 0.0786. The lowest BCUT2D eigenvalue weighted by molar-refractivity contribution is 0.0949. The summed E-state index contributed by atoms with van der Waals surface area (Å²) in [6.45, 7) is 6.31. The van der Waals surface area contributed by atoms with E-state index in [0.29, 0.717) is 6.54 Å². The number of hydrogen-bond donors (Lipinski definition) is 1. The highest BCUT2D eigenvalue weighted by Gasteiger charge is 2.13. The van der Waals surface area contributed by atoms with E-state index < -0.39 is 0 Å². The molecular weight excluding hydrogens is 308 g/mol. The Balaban J connectivity index is 1.70. The number of benzene rings is 1. The Hall–Kier alpha value is -2.47. The fourth-order valence-corrected chi connectivity index (χ4v) is 3.31. The molecule has 0 saturated heterocycles. The van der Waals surface area contributed by atoms with Crippen LogP contribution in [0.2, 0.25) is 0 Å². The molecule has 1 amide bonds. The second-order valence-electron chi connectivity index (χ2n) is 5.59. The van der Waals surface area contributed by atoms with E-state index in [0.717, 1.165) is 33.6 Å². The molecule has 23 heavy (non-hydrogen) atoms. The Bertz CT molecular complexity index is 813. The maximum Gasteiger partial charge on any atom is 0.252 e. The first-order chi connectivity index (χ1) is 11.0. The third-order valence-electron chi connectivity index (χ3n) is 3.65. The summed E-state index contributed by atoms with van der Waals surface area (Å²) in [6.07, 6.45) is 1.83. The number of hydrogen-bond acceptors (Lipinski definition) is 4. The van der Waals surface area contributed by atoms with E-state index in [1.165, 1.54) is 0 Å². The minimum atomic E-state index is -0.0786. The first-order valence-corrected chi connectivity index (χ1v) is 8.28. The van der Waals surface area contributed by atoms with Gasteiger partial charge in [0.05, 0.1) is 18.4 Å². The van der Waals surface area contributed by atoms with Crippen molar-refractivity contribution in [3.05, 3.63) is 63.1 Å².